The first-order valence-corrected chi connectivity index (χ1v) is 7.45. The zero-order valence-electron chi connectivity index (χ0n) is 12.8. The molecule has 1 atom stereocenters. The molecule has 1 aromatic rings. The van der Waals surface area contributed by atoms with Crippen LogP contribution in [0.15, 0.2) is 18.2 Å². The molecule has 0 heterocycles. The first-order valence-electron chi connectivity index (χ1n) is 7.45. The standard InChI is InChI=1S/C16H25FN2O2/c1-19(7-8-21-11-12-3-4-12)10-15(18)13-5-6-16(20-2)14(17)9-13/h5-6,9,12,15H,3-4,7-8,10-11,18H2,1-2H3. The number of nitrogens with zero attached hydrogens (tertiary/aromatic N) is 1. The molecule has 0 spiro atoms. The number of hydrogen-bond acceptors (Lipinski definition) is 4. The van der Waals surface area contributed by atoms with Gasteiger partial charge in [-0.05, 0) is 43.5 Å². The molecule has 2 rings (SSSR count). The molecule has 0 aromatic heterocycles. The maximum atomic E-state index is 13.7. The molecule has 21 heavy (non-hydrogen) atoms. The molecule has 1 unspecified atom stereocenters. The summed E-state index contributed by atoms with van der Waals surface area (Å²) < 4.78 is 24.2. The van der Waals surface area contributed by atoms with Crippen LogP contribution in [0.4, 0.5) is 4.39 Å². The number of rotatable bonds is 9. The van der Waals surface area contributed by atoms with Gasteiger partial charge in [-0.2, -0.15) is 0 Å². The van der Waals surface area contributed by atoms with Crippen LogP contribution in [0.25, 0.3) is 0 Å². The van der Waals surface area contributed by atoms with Crippen LogP contribution in [-0.2, 0) is 4.74 Å². The molecular weight excluding hydrogens is 271 g/mol. The second-order valence-electron chi connectivity index (χ2n) is 5.78. The van der Waals surface area contributed by atoms with Gasteiger partial charge in [-0.1, -0.05) is 6.07 Å². The molecule has 0 aliphatic heterocycles. The van der Waals surface area contributed by atoms with E-state index in [1.165, 1.54) is 26.0 Å². The summed E-state index contributed by atoms with van der Waals surface area (Å²) in [6, 6.07) is 4.65. The third-order valence-corrected chi connectivity index (χ3v) is 3.78. The van der Waals surface area contributed by atoms with Gasteiger partial charge in [0.15, 0.2) is 11.6 Å². The van der Waals surface area contributed by atoms with Crippen molar-refractivity contribution in [3.8, 4) is 5.75 Å². The van der Waals surface area contributed by atoms with Crippen molar-refractivity contribution in [3.63, 3.8) is 0 Å². The zero-order chi connectivity index (χ0) is 15.2. The molecule has 1 aliphatic carbocycles. The quantitative estimate of drug-likeness (QED) is 0.710. The lowest BCUT2D eigenvalue weighted by atomic mass is 10.1. The smallest absolute Gasteiger partial charge is 0.165 e. The van der Waals surface area contributed by atoms with Crippen molar-refractivity contribution < 1.29 is 13.9 Å². The fraction of sp³-hybridized carbons (Fsp3) is 0.625. The molecule has 0 bridgehead atoms. The first kappa shape index (κ1) is 16.2. The van der Waals surface area contributed by atoms with E-state index >= 15 is 0 Å². The Kier molecular flexibility index (Phi) is 5.96. The number of nitrogens with two attached hydrogens (primary N) is 1. The van der Waals surface area contributed by atoms with E-state index in [1.54, 1.807) is 6.07 Å². The van der Waals surface area contributed by atoms with Gasteiger partial charge < -0.3 is 20.1 Å². The summed E-state index contributed by atoms with van der Waals surface area (Å²) in [6.07, 6.45) is 2.62. The van der Waals surface area contributed by atoms with Crippen LogP contribution in [0.1, 0.15) is 24.4 Å². The third-order valence-electron chi connectivity index (χ3n) is 3.78. The SMILES string of the molecule is COc1ccc(C(N)CN(C)CCOCC2CC2)cc1F. The van der Waals surface area contributed by atoms with Crippen LogP contribution >= 0.6 is 0 Å². The van der Waals surface area contributed by atoms with Crippen molar-refractivity contribution in [3.05, 3.63) is 29.6 Å². The van der Waals surface area contributed by atoms with E-state index in [1.807, 2.05) is 13.1 Å². The van der Waals surface area contributed by atoms with Crippen molar-refractivity contribution in [1.29, 1.82) is 0 Å². The fourth-order valence-electron chi connectivity index (χ4n) is 2.20. The molecule has 0 saturated heterocycles. The fourth-order valence-corrected chi connectivity index (χ4v) is 2.20. The Bertz CT molecular complexity index is 452. The normalized spacial score (nSPS) is 16.2. The van der Waals surface area contributed by atoms with Crippen molar-refractivity contribution in [1.82, 2.24) is 4.90 Å². The van der Waals surface area contributed by atoms with E-state index in [2.05, 4.69) is 4.90 Å². The van der Waals surface area contributed by atoms with Crippen molar-refractivity contribution in [2.75, 3.05) is 40.5 Å². The van der Waals surface area contributed by atoms with Crippen molar-refractivity contribution in [2.45, 2.75) is 18.9 Å². The van der Waals surface area contributed by atoms with E-state index in [0.717, 1.165) is 31.2 Å². The number of hydrogen-bond donors (Lipinski definition) is 1. The second-order valence-corrected chi connectivity index (χ2v) is 5.78. The largest absolute Gasteiger partial charge is 0.494 e. The Hall–Kier alpha value is -1.17. The highest BCUT2D eigenvalue weighted by molar-refractivity contribution is 5.31. The minimum absolute atomic E-state index is 0.223. The molecule has 0 radical (unpaired) electrons. The van der Waals surface area contributed by atoms with Gasteiger partial charge in [-0.25, -0.2) is 4.39 Å². The van der Waals surface area contributed by atoms with Crippen molar-refractivity contribution >= 4 is 0 Å². The maximum absolute atomic E-state index is 13.7. The molecule has 0 amide bonds. The molecule has 118 valence electrons. The van der Waals surface area contributed by atoms with Gasteiger partial charge in [-0.3, -0.25) is 0 Å². The molecule has 1 fully saturated rings. The predicted octanol–water partition coefficient (Wildman–Crippen LogP) is 2.19. The van der Waals surface area contributed by atoms with Gasteiger partial charge in [0.1, 0.15) is 0 Å². The summed E-state index contributed by atoms with van der Waals surface area (Å²) in [7, 11) is 3.45. The summed E-state index contributed by atoms with van der Waals surface area (Å²) in [5.74, 6) is 0.661. The first-order chi connectivity index (χ1) is 10.1. The summed E-state index contributed by atoms with van der Waals surface area (Å²) in [5, 5.41) is 0. The van der Waals surface area contributed by atoms with Crippen LogP contribution in [-0.4, -0.2) is 45.4 Å². The average Bonchev–Trinajstić information content (AvgIpc) is 3.27. The number of halogens is 1. The predicted molar refractivity (Wildman–Crippen MR) is 80.9 cm³/mol. The summed E-state index contributed by atoms with van der Waals surface area (Å²) in [6.45, 7) is 3.10. The minimum Gasteiger partial charge on any atom is -0.494 e. The summed E-state index contributed by atoms with van der Waals surface area (Å²) >= 11 is 0. The lowest BCUT2D eigenvalue weighted by molar-refractivity contribution is 0.102. The summed E-state index contributed by atoms with van der Waals surface area (Å²) in [5.41, 5.74) is 6.91. The Morgan fingerprint density at radius 1 is 1.43 bits per heavy atom. The molecule has 1 aliphatic rings. The van der Waals surface area contributed by atoms with E-state index in [9.17, 15) is 4.39 Å². The maximum Gasteiger partial charge on any atom is 0.165 e. The molecule has 2 N–H and O–H groups in total. The topological polar surface area (TPSA) is 47.7 Å². The number of benzene rings is 1. The van der Waals surface area contributed by atoms with Crippen LogP contribution in [0.5, 0.6) is 5.75 Å². The molecule has 1 saturated carbocycles. The second kappa shape index (κ2) is 7.73. The lowest BCUT2D eigenvalue weighted by Gasteiger charge is -2.21. The average molecular weight is 296 g/mol. The highest BCUT2D eigenvalue weighted by Gasteiger charge is 2.21. The Balaban J connectivity index is 1.73. The number of ether oxygens (including phenoxy) is 2. The lowest BCUT2D eigenvalue weighted by Crippen LogP contribution is -2.31. The van der Waals surface area contributed by atoms with E-state index in [-0.39, 0.29) is 17.6 Å². The van der Waals surface area contributed by atoms with Crippen LogP contribution < -0.4 is 10.5 Å². The highest BCUT2D eigenvalue weighted by atomic mass is 19.1. The van der Waals surface area contributed by atoms with E-state index in [4.69, 9.17) is 15.2 Å². The molecular formula is C16H25FN2O2. The summed E-state index contributed by atoms with van der Waals surface area (Å²) in [4.78, 5) is 2.11. The van der Waals surface area contributed by atoms with Crippen LogP contribution in [0.2, 0.25) is 0 Å². The Morgan fingerprint density at radius 3 is 2.81 bits per heavy atom. The minimum atomic E-state index is -0.374. The van der Waals surface area contributed by atoms with Gasteiger partial charge in [0.2, 0.25) is 0 Å². The van der Waals surface area contributed by atoms with Gasteiger partial charge in [0.25, 0.3) is 0 Å². The molecule has 1 aromatic carbocycles. The van der Waals surface area contributed by atoms with Crippen molar-refractivity contribution in [2.24, 2.45) is 11.7 Å². The zero-order valence-corrected chi connectivity index (χ0v) is 12.8. The Morgan fingerprint density at radius 2 is 2.19 bits per heavy atom. The Labute approximate surface area is 126 Å². The van der Waals surface area contributed by atoms with Crippen LogP contribution in [0.3, 0.4) is 0 Å². The number of methoxy groups -OCH3 is 1. The van der Waals surface area contributed by atoms with Crippen LogP contribution in [0, 0.1) is 11.7 Å². The monoisotopic (exact) mass is 296 g/mol. The van der Waals surface area contributed by atoms with Gasteiger partial charge in [-0.15, -0.1) is 0 Å². The van der Waals surface area contributed by atoms with E-state index in [0.29, 0.717) is 6.54 Å². The highest BCUT2D eigenvalue weighted by Crippen LogP contribution is 2.28. The van der Waals surface area contributed by atoms with Gasteiger partial charge in [0, 0.05) is 25.7 Å². The van der Waals surface area contributed by atoms with Gasteiger partial charge >= 0.3 is 0 Å². The van der Waals surface area contributed by atoms with E-state index < -0.39 is 0 Å². The van der Waals surface area contributed by atoms with Gasteiger partial charge in [0.05, 0.1) is 13.7 Å². The molecule has 5 heteroatoms. The third kappa shape index (κ3) is 5.26. The molecule has 4 nitrogen and oxygen atoms in total. The number of likely N-dealkylation sites (N-methyl/N-ethyl adjacent to an activating group) is 1.